The maximum atomic E-state index is 13.8. The third kappa shape index (κ3) is 5.09. The van der Waals surface area contributed by atoms with Crippen molar-refractivity contribution in [1.29, 1.82) is 0 Å². The predicted molar refractivity (Wildman–Crippen MR) is 135 cm³/mol. The minimum absolute atomic E-state index is 0.122. The molecule has 0 aliphatic carbocycles. The highest BCUT2D eigenvalue weighted by Crippen LogP contribution is 2.31. The molecule has 156 valence electrons. The minimum Gasteiger partial charge on any atom is -0.487 e. The van der Waals surface area contributed by atoms with Gasteiger partial charge in [-0.25, -0.2) is 14.2 Å². The van der Waals surface area contributed by atoms with Gasteiger partial charge in [-0.3, -0.25) is 0 Å². The summed E-state index contributed by atoms with van der Waals surface area (Å²) in [4.78, 5) is 16.6. The predicted octanol–water partition coefficient (Wildman–Crippen LogP) is 6.61. The molecule has 31 heavy (non-hydrogen) atoms. The number of esters is 1. The Hall–Kier alpha value is -1.98. The summed E-state index contributed by atoms with van der Waals surface area (Å²) in [5, 5.41) is 0.454. The fraction of sp³-hybridized carbons (Fsp3) is 0.0435. The number of carbonyl (C=O) groups excluding carboxylic acids is 1. The first-order valence-electron chi connectivity index (χ1n) is 9.05. The summed E-state index contributed by atoms with van der Waals surface area (Å²) in [7, 11) is 0. The molecule has 4 nitrogen and oxygen atoms in total. The molecule has 0 atom stereocenters. The monoisotopic (exact) mass is 659 g/mol. The number of hydrogen-bond acceptors (Lipinski definition) is 4. The van der Waals surface area contributed by atoms with Crippen molar-refractivity contribution < 1.29 is 18.7 Å². The van der Waals surface area contributed by atoms with E-state index in [1.54, 1.807) is 48.5 Å². The van der Waals surface area contributed by atoms with Crippen LogP contribution in [0.3, 0.4) is 0 Å². The molecule has 4 rings (SSSR count). The van der Waals surface area contributed by atoms with Gasteiger partial charge in [-0.1, -0.05) is 41.9 Å². The first-order chi connectivity index (χ1) is 14.9. The molecule has 0 radical (unpaired) electrons. The van der Waals surface area contributed by atoms with Gasteiger partial charge in [0.05, 0.1) is 17.7 Å². The smallest absolute Gasteiger partial charge is 0.363 e. The number of benzene rings is 3. The van der Waals surface area contributed by atoms with Crippen LogP contribution in [-0.2, 0) is 16.1 Å². The van der Waals surface area contributed by atoms with Gasteiger partial charge in [-0.2, -0.15) is 0 Å². The van der Waals surface area contributed by atoms with Crippen molar-refractivity contribution in [3.63, 3.8) is 0 Å². The number of hydrogen-bond donors (Lipinski definition) is 0. The lowest BCUT2D eigenvalue weighted by Gasteiger charge is -2.12. The van der Waals surface area contributed by atoms with Crippen molar-refractivity contribution in [2.24, 2.45) is 4.99 Å². The van der Waals surface area contributed by atoms with Crippen molar-refractivity contribution in [3.05, 3.63) is 101 Å². The Morgan fingerprint density at radius 2 is 1.74 bits per heavy atom. The summed E-state index contributed by atoms with van der Waals surface area (Å²) in [5.74, 6) is -0.0161. The lowest BCUT2D eigenvalue weighted by molar-refractivity contribution is -0.129. The first kappa shape index (κ1) is 22.2. The van der Waals surface area contributed by atoms with E-state index in [1.807, 2.05) is 12.1 Å². The Labute approximate surface area is 210 Å². The molecule has 0 fully saturated rings. The molecule has 0 saturated carbocycles. The van der Waals surface area contributed by atoms with E-state index in [0.29, 0.717) is 21.9 Å². The number of nitrogens with zero attached hydrogens (tertiary/aromatic N) is 1. The highest BCUT2D eigenvalue weighted by molar-refractivity contribution is 14.1. The third-order valence-corrected chi connectivity index (χ3v) is 6.31. The zero-order valence-electron chi connectivity index (χ0n) is 15.7. The van der Waals surface area contributed by atoms with Crippen LogP contribution in [0.2, 0.25) is 5.02 Å². The van der Waals surface area contributed by atoms with Crippen LogP contribution >= 0.6 is 56.8 Å². The maximum Gasteiger partial charge on any atom is 0.363 e. The largest absolute Gasteiger partial charge is 0.487 e. The van der Waals surface area contributed by atoms with E-state index in [4.69, 9.17) is 21.1 Å². The van der Waals surface area contributed by atoms with Gasteiger partial charge < -0.3 is 9.47 Å². The molecule has 0 aromatic heterocycles. The highest BCUT2D eigenvalue weighted by atomic mass is 127. The fourth-order valence-electron chi connectivity index (χ4n) is 2.88. The van der Waals surface area contributed by atoms with Crippen LogP contribution in [0.1, 0.15) is 16.7 Å². The molecule has 0 N–H and O–H groups in total. The summed E-state index contributed by atoms with van der Waals surface area (Å²) in [6.45, 7) is 0.122. The van der Waals surface area contributed by atoms with Crippen LogP contribution in [0.5, 0.6) is 5.75 Å². The second kappa shape index (κ2) is 9.66. The van der Waals surface area contributed by atoms with E-state index in [0.717, 1.165) is 12.7 Å². The molecule has 3 aromatic rings. The van der Waals surface area contributed by atoms with Gasteiger partial charge >= 0.3 is 5.97 Å². The number of rotatable bonds is 5. The summed E-state index contributed by atoms with van der Waals surface area (Å²) in [6.07, 6.45) is 1.65. The molecule has 0 spiro atoms. The van der Waals surface area contributed by atoms with E-state index < -0.39 is 5.97 Å². The van der Waals surface area contributed by atoms with E-state index >= 15 is 0 Å². The number of carbonyl (C=O) groups is 1. The van der Waals surface area contributed by atoms with Crippen LogP contribution in [0.25, 0.3) is 6.08 Å². The van der Waals surface area contributed by atoms with Gasteiger partial charge in [0.2, 0.25) is 5.90 Å². The van der Waals surface area contributed by atoms with Crippen LogP contribution in [0.15, 0.2) is 71.4 Å². The minimum atomic E-state index is -0.542. The molecule has 1 aliphatic rings. The van der Waals surface area contributed by atoms with Crippen molar-refractivity contribution in [1.82, 2.24) is 0 Å². The summed E-state index contributed by atoms with van der Waals surface area (Å²) in [6, 6.07) is 17.3. The van der Waals surface area contributed by atoms with E-state index in [2.05, 4.69) is 50.2 Å². The molecule has 1 aliphatic heterocycles. The Morgan fingerprint density at radius 3 is 2.45 bits per heavy atom. The zero-order chi connectivity index (χ0) is 22.0. The maximum absolute atomic E-state index is 13.8. The van der Waals surface area contributed by atoms with Gasteiger partial charge in [0, 0.05) is 5.56 Å². The van der Waals surface area contributed by atoms with Crippen LogP contribution in [0.4, 0.5) is 4.39 Å². The van der Waals surface area contributed by atoms with Crippen LogP contribution in [0, 0.1) is 13.0 Å². The normalized spacial score (nSPS) is 14.5. The molecule has 3 aromatic carbocycles. The van der Waals surface area contributed by atoms with Crippen molar-refractivity contribution in [3.8, 4) is 5.75 Å². The van der Waals surface area contributed by atoms with Gasteiger partial charge in [0.15, 0.2) is 5.70 Å². The number of cyclic esters (lactones) is 1. The molecule has 0 unspecified atom stereocenters. The van der Waals surface area contributed by atoms with E-state index in [9.17, 15) is 9.18 Å². The van der Waals surface area contributed by atoms with E-state index in [1.165, 1.54) is 6.07 Å². The molecule has 8 heteroatoms. The SMILES string of the molecule is O=C1OC(c2ccccc2Cl)=N/C1=C\c1cc(I)c(OCc2ccccc2F)c(I)c1. The average molecular weight is 660 g/mol. The Kier molecular flexibility index (Phi) is 6.92. The van der Waals surface area contributed by atoms with Gasteiger partial charge in [-0.15, -0.1) is 0 Å². The standard InChI is InChI=1S/C23H13ClFI2NO3/c24-16-7-3-2-6-15(16)22-28-20(23(29)31-22)11-13-9-18(26)21(19(27)10-13)30-12-14-5-1-4-8-17(14)25/h1-11H,12H2/b20-11-. The molecule has 1 heterocycles. The molecular formula is C23H13ClFI2NO3. The third-order valence-electron chi connectivity index (χ3n) is 4.38. The molecule has 0 saturated heterocycles. The topological polar surface area (TPSA) is 47.9 Å². The van der Waals surface area contributed by atoms with Crippen molar-refractivity contribution >= 4 is 74.7 Å². The van der Waals surface area contributed by atoms with Crippen molar-refractivity contribution in [2.45, 2.75) is 6.61 Å². The zero-order valence-corrected chi connectivity index (χ0v) is 20.8. The quantitative estimate of drug-likeness (QED) is 0.176. The van der Waals surface area contributed by atoms with Crippen LogP contribution in [-0.4, -0.2) is 11.9 Å². The first-order valence-corrected chi connectivity index (χ1v) is 11.6. The number of aliphatic imine (C=N–C) groups is 1. The average Bonchev–Trinajstić information content (AvgIpc) is 3.09. The molecule has 0 bridgehead atoms. The summed E-state index contributed by atoms with van der Waals surface area (Å²) < 4.78 is 26.7. The molecular weight excluding hydrogens is 647 g/mol. The number of halogens is 4. The molecule has 0 amide bonds. The second-order valence-electron chi connectivity index (χ2n) is 6.51. The van der Waals surface area contributed by atoms with Gasteiger partial charge in [-0.05, 0) is 87.2 Å². The Balaban J connectivity index is 1.58. The Bertz CT molecular complexity index is 1220. The van der Waals surface area contributed by atoms with E-state index in [-0.39, 0.29) is 24.0 Å². The van der Waals surface area contributed by atoms with Crippen LogP contribution < -0.4 is 4.74 Å². The lowest BCUT2D eigenvalue weighted by Crippen LogP contribution is -2.05. The Morgan fingerprint density at radius 1 is 1.06 bits per heavy atom. The second-order valence-corrected chi connectivity index (χ2v) is 9.24. The number of ether oxygens (including phenoxy) is 2. The lowest BCUT2D eigenvalue weighted by atomic mass is 10.2. The highest BCUT2D eigenvalue weighted by Gasteiger charge is 2.25. The summed E-state index contributed by atoms with van der Waals surface area (Å²) >= 11 is 10.5. The van der Waals surface area contributed by atoms with Gasteiger partial charge in [0.1, 0.15) is 18.2 Å². The van der Waals surface area contributed by atoms with Crippen molar-refractivity contribution in [2.75, 3.05) is 0 Å². The van der Waals surface area contributed by atoms with Gasteiger partial charge in [0.25, 0.3) is 0 Å². The summed E-state index contributed by atoms with van der Waals surface area (Å²) in [5.41, 5.74) is 1.99. The fourth-order valence-corrected chi connectivity index (χ4v) is 5.23.